The molecule has 8 aromatic rings. The molecule has 0 saturated heterocycles. The normalized spacial score (nSPS) is 15.3. The van der Waals surface area contributed by atoms with E-state index in [-0.39, 0.29) is 0 Å². The fraction of sp³-hybridized carbons (Fsp3) is 0.0741. The van der Waals surface area contributed by atoms with Gasteiger partial charge in [-0.1, -0.05) is 170 Å². The molecule has 0 bridgehead atoms. The zero-order chi connectivity index (χ0) is 36.6. The summed E-state index contributed by atoms with van der Waals surface area (Å²) < 4.78 is 0. The fourth-order valence-corrected chi connectivity index (χ4v) is 8.50. The van der Waals surface area contributed by atoms with Gasteiger partial charge in [-0.05, 0) is 127 Å². The second kappa shape index (κ2) is 14.3. The molecule has 1 atom stereocenters. The van der Waals surface area contributed by atoms with Crippen molar-refractivity contribution in [3.8, 4) is 11.1 Å². The van der Waals surface area contributed by atoms with Crippen LogP contribution in [0.15, 0.2) is 206 Å². The number of fused-ring (bicyclic) bond motifs is 5. The first-order chi connectivity index (χ1) is 27.2. The Hall–Kier alpha value is -6.70. The minimum atomic E-state index is 0.315. The average Bonchev–Trinajstić information content (AvgIpc) is 3.27. The summed E-state index contributed by atoms with van der Waals surface area (Å²) in [7, 11) is 0. The maximum absolute atomic E-state index is 2.42. The predicted octanol–water partition coefficient (Wildman–Crippen LogP) is 15.1. The molecule has 262 valence electrons. The van der Waals surface area contributed by atoms with Crippen molar-refractivity contribution >= 4 is 60.5 Å². The van der Waals surface area contributed by atoms with Crippen molar-refractivity contribution in [1.29, 1.82) is 0 Å². The number of anilines is 3. The van der Waals surface area contributed by atoms with Gasteiger partial charge >= 0.3 is 0 Å². The average molecular weight is 704 g/mol. The number of nitrogens with zero attached hydrogens (tertiary/aromatic N) is 1. The van der Waals surface area contributed by atoms with Crippen LogP contribution in [0.5, 0.6) is 0 Å². The van der Waals surface area contributed by atoms with E-state index in [0.717, 1.165) is 36.3 Å². The van der Waals surface area contributed by atoms with Gasteiger partial charge in [-0.25, -0.2) is 0 Å². The molecule has 0 fully saturated rings. The third-order valence-corrected chi connectivity index (χ3v) is 11.4. The van der Waals surface area contributed by atoms with Crippen LogP contribution in [0.1, 0.15) is 41.9 Å². The Morgan fingerprint density at radius 3 is 1.85 bits per heavy atom. The zero-order valence-electron chi connectivity index (χ0n) is 30.8. The number of benzene rings is 8. The molecule has 1 unspecified atom stereocenters. The predicted molar refractivity (Wildman–Crippen MR) is 236 cm³/mol. The third kappa shape index (κ3) is 6.38. The van der Waals surface area contributed by atoms with Crippen molar-refractivity contribution in [2.24, 2.45) is 0 Å². The highest BCUT2D eigenvalue weighted by Crippen LogP contribution is 2.41. The quantitative estimate of drug-likeness (QED) is 0.149. The first-order valence-electron chi connectivity index (χ1n) is 19.5. The Balaban J connectivity index is 1.04. The maximum atomic E-state index is 2.42. The minimum Gasteiger partial charge on any atom is -0.310 e. The Bertz CT molecular complexity index is 2820. The van der Waals surface area contributed by atoms with Crippen LogP contribution in [0, 0.1) is 0 Å². The van der Waals surface area contributed by atoms with Crippen LogP contribution < -0.4 is 4.90 Å². The summed E-state index contributed by atoms with van der Waals surface area (Å²) in [4.78, 5) is 2.42. The molecule has 0 heterocycles. The molecule has 0 aliphatic heterocycles. The number of rotatable bonds is 7. The number of allylic oxidation sites excluding steroid dienone is 8. The largest absolute Gasteiger partial charge is 0.310 e. The van der Waals surface area contributed by atoms with Gasteiger partial charge in [-0.15, -0.1) is 0 Å². The lowest BCUT2D eigenvalue weighted by Crippen LogP contribution is -2.11. The van der Waals surface area contributed by atoms with E-state index in [1.165, 1.54) is 71.3 Å². The molecule has 0 amide bonds. The van der Waals surface area contributed by atoms with E-state index in [1.54, 1.807) is 0 Å². The lowest BCUT2D eigenvalue weighted by molar-refractivity contribution is 0.856. The first-order valence-corrected chi connectivity index (χ1v) is 19.5. The summed E-state index contributed by atoms with van der Waals surface area (Å²) in [5.41, 5.74) is 12.3. The monoisotopic (exact) mass is 703 g/mol. The Morgan fingerprint density at radius 2 is 1.07 bits per heavy atom. The summed E-state index contributed by atoms with van der Waals surface area (Å²) in [6, 6.07) is 62.6. The first kappa shape index (κ1) is 32.9. The summed E-state index contributed by atoms with van der Waals surface area (Å²) in [5, 5.41) is 7.65. The molecule has 1 nitrogen and oxygen atoms in total. The van der Waals surface area contributed by atoms with Gasteiger partial charge < -0.3 is 4.90 Å². The molecule has 2 aliphatic rings. The van der Waals surface area contributed by atoms with Crippen LogP contribution in [0.25, 0.3) is 54.6 Å². The molecule has 0 saturated carbocycles. The van der Waals surface area contributed by atoms with Crippen LogP contribution in [0.2, 0.25) is 0 Å². The maximum Gasteiger partial charge on any atom is 0.0468 e. The van der Waals surface area contributed by atoms with Gasteiger partial charge in [0.1, 0.15) is 0 Å². The lowest BCUT2D eigenvalue weighted by atomic mass is 9.88. The van der Waals surface area contributed by atoms with Crippen molar-refractivity contribution in [2.75, 3.05) is 4.90 Å². The molecule has 10 rings (SSSR count). The highest BCUT2D eigenvalue weighted by atomic mass is 15.1. The SMILES string of the molecule is C1=CC(c2ccc(-c3ccc(N(c4cccc(C5C=CC(c6ccccc6)=CC5)c4)c4ccc5c(ccc6ccc7ccccc7c65)c4)cc3)cc2)=CCC1. The summed E-state index contributed by atoms with van der Waals surface area (Å²) >= 11 is 0. The van der Waals surface area contributed by atoms with Gasteiger partial charge in [0.25, 0.3) is 0 Å². The summed E-state index contributed by atoms with van der Waals surface area (Å²) in [5.74, 6) is 0.315. The summed E-state index contributed by atoms with van der Waals surface area (Å²) in [6.45, 7) is 0. The Morgan fingerprint density at radius 1 is 0.418 bits per heavy atom. The van der Waals surface area contributed by atoms with E-state index < -0.39 is 0 Å². The molecular weight excluding hydrogens is 663 g/mol. The van der Waals surface area contributed by atoms with Crippen molar-refractivity contribution in [2.45, 2.75) is 25.2 Å². The van der Waals surface area contributed by atoms with Crippen molar-refractivity contribution < 1.29 is 0 Å². The van der Waals surface area contributed by atoms with Gasteiger partial charge in [0.2, 0.25) is 0 Å². The van der Waals surface area contributed by atoms with Crippen molar-refractivity contribution in [1.82, 2.24) is 0 Å². The molecule has 55 heavy (non-hydrogen) atoms. The smallest absolute Gasteiger partial charge is 0.0468 e. The topological polar surface area (TPSA) is 3.24 Å². The van der Waals surface area contributed by atoms with Crippen molar-refractivity contribution in [3.05, 3.63) is 223 Å². The van der Waals surface area contributed by atoms with Crippen LogP contribution in [0.4, 0.5) is 17.1 Å². The van der Waals surface area contributed by atoms with Crippen LogP contribution >= 0.6 is 0 Å². The Labute approximate surface area is 323 Å². The van der Waals surface area contributed by atoms with Crippen LogP contribution in [-0.2, 0) is 0 Å². The molecule has 2 aliphatic carbocycles. The minimum absolute atomic E-state index is 0.315. The molecule has 0 N–H and O–H groups in total. The molecular formula is C54H41N. The van der Waals surface area contributed by atoms with Gasteiger partial charge in [-0.3, -0.25) is 0 Å². The zero-order valence-corrected chi connectivity index (χ0v) is 30.8. The highest BCUT2D eigenvalue weighted by Gasteiger charge is 2.18. The standard InChI is InChI=1S/C54H41N/c1-3-10-38(11-4-1)40-18-20-42(21-19-40)43-30-32-49(33-31-43)55(50-16-9-15-47(36-50)44-24-22-41(23-25-44)39-12-5-2-6-13-39)51-34-35-53-48(37-51)29-28-46-27-26-45-14-7-8-17-52(45)54(46)53/h2-3,5-24,26-37,44H,1,4,25H2. The van der Waals surface area contributed by atoms with Gasteiger partial charge in [0.15, 0.2) is 0 Å². The van der Waals surface area contributed by atoms with E-state index in [4.69, 9.17) is 0 Å². The second-order valence-electron chi connectivity index (χ2n) is 14.8. The van der Waals surface area contributed by atoms with Crippen molar-refractivity contribution in [3.63, 3.8) is 0 Å². The fourth-order valence-electron chi connectivity index (χ4n) is 8.50. The number of hydrogen-bond donors (Lipinski definition) is 0. The molecule has 8 aromatic carbocycles. The second-order valence-corrected chi connectivity index (χ2v) is 14.8. The van der Waals surface area contributed by atoms with E-state index in [9.17, 15) is 0 Å². The van der Waals surface area contributed by atoms with Crippen LogP contribution in [0.3, 0.4) is 0 Å². The summed E-state index contributed by atoms with van der Waals surface area (Å²) in [6.07, 6.45) is 17.1. The third-order valence-electron chi connectivity index (χ3n) is 11.4. The molecule has 0 aromatic heterocycles. The van der Waals surface area contributed by atoms with Gasteiger partial charge in [0.05, 0.1) is 0 Å². The van der Waals surface area contributed by atoms with Crippen LogP contribution in [-0.4, -0.2) is 0 Å². The van der Waals surface area contributed by atoms with Gasteiger partial charge in [0, 0.05) is 23.0 Å². The van der Waals surface area contributed by atoms with E-state index in [1.807, 2.05) is 0 Å². The molecule has 0 radical (unpaired) electrons. The number of hydrogen-bond acceptors (Lipinski definition) is 1. The van der Waals surface area contributed by atoms with E-state index in [0.29, 0.717) is 5.92 Å². The van der Waals surface area contributed by atoms with E-state index in [2.05, 4.69) is 211 Å². The van der Waals surface area contributed by atoms with E-state index >= 15 is 0 Å². The van der Waals surface area contributed by atoms with Gasteiger partial charge in [-0.2, -0.15) is 0 Å². The molecule has 1 heteroatoms. The Kier molecular flexibility index (Phi) is 8.54. The highest BCUT2D eigenvalue weighted by molar-refractivity contribution is 6.20. The lowest BCUT2D eigenvalue weighted by Gasteiger charge is -2.27. The molecule has 0 spiro atoms.